The van der Waals surface area contributed by atoms with Crippen LogP contribution in [0.15, 0.2) is 24.3 Å². The van der Waals surface area contributed by atoms with Gasteiger partial charge in [0.25, 0.3) is 5.91 Å². The third-order valence-electron chi connectivity index (χ3n) is 3.43. The maximum absolute atomic E-state index is 11.9. The van der Waals surface area contributed by atoms with Gasteiger partial charge in [-0.3, -0.25) is 4.79 Å². The molecule has 1 fully saturated rings. The number of hydrogen-bond donors (Lipinski definition) is 2. The minimum atomic E-state index is -0.509. The van der Waals surface area contributed by atoms with Crippen molar-refractivity contribution in [1.29, 1.82) is 0 Å². The Morgan fingerprint density at radius 3 is 2.70 bits per heavy atom. The molecule has 2 unspecified atom stereocenters. The van der Waals surface area contributed by atoms with Gasteiger partial charge < -0.3 is 20.1 Å². The van der Waals surface area contributed by atoms with Crippen molar-refractivity contribution in [3.63, 3.8) is 0 Å². The maximum Gasteiger partial charge on any atom is 0.260 e. The van der Waals surface area contributed by atoms with Gasteiger partial charge in [-0.2, -0.15) is 0 Å². The SMILES string of the molecule is COc1ccc(OC(C)C(=O)NCC2CCCN2)cc1. The summed E-state index contributed by atoms with van der Waals surface area (Å²) in [7, 11) is 1.61. The summed E-state index contributed by atoms with van der Waals surface area (Å²) < 4.78 is 10.7. The van der Waals surface area contributed by atoms with Gasteiger partial charge in [-0.25, -0.2) is 0 Å². The number of carbonyl (C=O) groups is 1. The van der Waals surface area contributed by atoms with Gasteiger partial charge >= 0.3 is 0 Å². The van der Waals surface area contributed by atoms with Gasteiger partial charge in [-0.05, 0) is 50.6 Å². The Morgan fingerprint density at radius 2 is 2.10 bits per heavy atom. The molecule has 110 valence electrons. The minimum absolute atomic E-state index is 0.0884. The molecule has 1 aliphatic rings. The molecule has 0 saturated carbocycles. The lowest BCUT2D eigenvalue weighted by atomic mass is 10.2. The summed E-state index contributed by atoms with van der Waals surface area (Å²) >= 11 is 0. The van der Waals surface area contributed by atoms with E-state index in [0.29, 0.717) is 18.3 Å². The van der Waals surface area contributed by atoms with Crippen molar-refractivity contribution in [2.45, 2.75) is 31.9 Å². The van der Waals surface area contributed by atoms with E-state index in [1.54, 1.807) is 26.2 Å². The van der Waals surface area contributed by atoms with Crippen LogP contribution in [0.5, 0.6) is 11.5 Å². The summed E-state index contributed by atoms with van der Waals surface area (Å²) in [6.45, 7) is 3.45. The first kappa shape index (κ1) is 14.7. The third kappa shape index (κ3) is 4.13. The van der Waals surface area contributed by atoms with E-state index in [2.05, 4.69) is 10.6 Å². The Morgan fingerprint density at radius 1 is 1.40 bits per heavy atom. The molecule has 1 saturated heterocycles. The number of carbonyl (C=O) groups excluding carboxylic acids is 1. The van der Waals surface area contributed by atoms with Crippen LogP contribution in [0, 0.1) is 0 Å². The monoisotopic (exact) mass is 278 g/mol. The smallest absolute Gasteiger partial charge is 0.260 e. The molecule has 1 aromatic rings. The van der Waals surface area contributed by atoms with E-state index in [9.17, 15) is 4.79 Å². The highest BCUT2D eigenvalue weighted by Crippen LogP contribution is 2.18. The molecule has 0 spiro atoms. The van der Waals surface area contributed by atoms with Crippen molar-refractivity contribution in [2.75, 3.05) is 20.2 Å². The number of amides is 1. The van der Waals surface area contributed by atoms with Crippen molar-refractivity contribution < 1.29 is 14.3 Å². The van der Waals surface area contributed by atoms with Gasteiger partial charge in [-0.1, -0.05) is 0 Å². The molecule has 2 N–H and O–H groups in total. The zero-order valence-electron chi connectivity index (χ0n) is 12.0. The van der Waals surface area contributed by atoms with E-state index in [1.807, 2.05) is 12.1 Å². The van der Waals surface area contributed by atoms with Crippen LogP contribution in [0.25, 0.3) is 0 Å². The molecule has 20 heavy (non-hydrogen) atoms. The van der Waals surface area contributed by atoms with Gasteiger partial charge in [0.2, 0.25) is 0 Å². The molecular weight excluding hydrogens is 256 g/mol. The van der Waals surface area contributed by atoms with E-state index in [1.165, 1.54) is 6.42 Å². The predicted molar refractivity (Wildman–Crippen MR) is 77.1 cm³/mol. The third-order valence-corrected chi connectivity index (χ3v) is 3.43. The van der Waals surface area contributed by atoms with Crippen LogP contribution in [0.3, 0.4) is 0 Å². The van der Waals surface area contributed by atoms with Gasteiger partial charge in [0.1, 0.15) is 11.5 Å². The normalized spacial score (nSPS) is 19.4. The van der Waals surface area contributed by atoms with Gasteiger partial charge in [-0.15, -0.1) is 0 Å². The first-order valence-electron chi connectivity index (χ1n) is 7.01. The standard InChI is InChI=1S/C15H22N2O3/c1-11(15(18)17-10-12-4-3-9-16-12)20-14-7-5-13(19-2)6-8-14/h5-8,11-12,16H,3-4,9-10H2,1-2H3,(H,17,18). The summed E-state index contributed by atoms with van der Waals surface area (Å²) in [6, 6.07) is 7.60. The van der Waals surface area contributed by atoms with Gasteiger partial charge in [0.05, 0.1) is 7.11 Å². The average Bonchev–Trinajstić information content (AvgIpc) is 2.98. The Labute approximate surface area is 119 Å². The number of methoxy groups -OCH3 is 1. The molecule has 1 aromatic carbocycles. The van der Waals surface area contributed by atoms with Crippen LogP contribution in [-0.2, 0) is 4.79 Å². The Balaban J connectivity index is 1.77. The minimum Gasteiger partial charge on any atom is -0.497 e. The van der Waals surface area contributed by atoms with Crippen molar-refractivity contribution in [3.05, 3.63) is 24.3 Å². The largest absolute Gasteiger partial charge is 0.497 e. The molecule has 1 heterocycles. The second-order valence-corrected chi connectivity index (χ2v) is 4.97. The first-order chi connectivity index (χ1) is 9.69. The molecule has 0 radical (unpaired) electrons. The quantitative estimate of drug-likeness (QED) is 0.824. The fourth-order valence-electron chi connectivity index (χ4n) is 2.21. The number of nitrogens with one attached hydrogen (secondary N) is 2. The Hall–Kier alpha value is -1.75. The van der Waals surface area contributed by atoms with E-state index in [4.69, 9.17) is 9.47 Å². The number of benzene rings is 1. The fourth-order valence-corrected chi connectivity index (χ4v) is 2.21. The zero-order chi connectivity index (χ0) is 14.4. The van der Waals surface area contributed by atoms with E-state index < -0.39 is 6.10 Å². The molecule has 0 aliphatic carbocycles. The number of rotatable bonds is 6. The summed E-state index contributed by atoms with van der Waals surface area (Å²) in [5.41, 5.74) is 0. The predicted octanol–water partition coefficient (Wildman–Crippen LogP) is 1.33. The lowest BCUT2D eigenvalue weighted by molar-refractivity contribution is -0.127. The van der Waals surface area contributed by atoms with Crippen molar-refractivity contribution in [2.24, 2.45) is 0 Å². The summed E-state index contributed by atoms with van der Waals surface area (Å²) in [4.78, 5) is 11.9. The number of hydrogen-bond acceptors (Lipinski definition) is 4. The molecule has 5 nitrogen and oxygen atoms in total. The highest BCUT2D eigenvalue weighted by molar-refractivity contribution is 5.80. The van der Waals surface area contributed by atoms with Crippen LogP contribution in [-0.4, -0.2) is 38.3 Å². The molecule has 0 aromatic heterocycles. The Bertz CT molecular complexity index is 427. The highest BCUT2D eigenvalue weighted by atomic mass is 16.5. The average molecular weight is 278 g/mol. The van der Waals surface area contributed by atoms with Crippen LogP contribution < -0.4 is 20.1 Å². The molecule has 1 amide bonds. The summed E-state index contributed by atoms with van der Waals surface area (Å²) in [5.74, 6) is 1.34. The van der Waals surface area contributed by atoms with E-state index in [0.717, 1.165) is 18.7 Å². The van der Waals surface area contributed by atoms with Crippen molar-refractivity contribution in [3.8, 4) is 11.5 Å². The first-order valence-corrected chi connectivity index (χ1v) is 7.01. The molecule has 2 rings (SSSR count). The second-order valence-electron chi connectivity index (χ2n) is 4.97. The van der Waals surface area contributed by atoms with Crippen LogP contribution in [0.4, 0.5) is 0 Å². The molecule has 1 aliphatic heterocycles. The maximum atomic E-state index is 11.9. The Kier molecular flexibility index (Phi) is 5.24. The van der Waals surface area contributed by atoms with Crippen molar-refractivity contribution in [1.82, 2.24) is 10.6 Å². The molecular formula is C15H22N2O3. The molecule has 0 bridgehead atoms. The highest BCUT2D eigenvalue weighted by Gasteiger charge is 2.18. The molecule has 2 atom stereocenters. The van der Waals surface area contributed by atoms with Gasteiger partial charge in [0, 0.05) is 12.6 Å². The lowest BCUT2D eigenvalue weighted by Gasteiger charge is -2.17. The molecule has 5 heteroatoms. The van der Waals surface area contributed by atoms with Crippen LogP contribution in [0.1, 0.15) is 19.8 Å². The number of ether oxygens (including phenoxy) is 2. The summed E-state index contributed by atoms with van der Waals surface area (Å²) in [5, 5.41) is 6.26. The van der Waals surface area contributed by atoms with Crippen LogP contribution >= 0.6 is 0 Å². The van der Waals surface area contributed by atoms with Crippen LogP contribution in [0.2, 0.25) is 0 Å². The van der Waals surface area contributed by atoms with E-state index in [-0.39, 0.29) is 5.91 Å². The second kappa shape index (κ2) is 7.14. The topological polar surface area (TPSA) is 59.6 Å². The van der Waals surface area contributed by atoms with Gasteiger partial charge in [0.15, 0.2) is 6.10 Å². The van der Waals surface area contributed by atoms with Crippen molar-refractivity contribution >= 4 is 5.91 Å². The summed E-state index contributed by atoms with van der Waals surface area (Å²) in [6.07, 6.45) is 1.79. The lowest BCUT2D eigenvalue weighted by Crippen LogP contribution is -2.42. The van der Waals surface area contributed by atoms with E-state index >= 15 is 0 Å². The zero-order valence-corrected chi connectivity index (χ0v) is 12.0. The fraction of sp³-hybridized carbons (Fsp3) is 0.533.